The lowest BCUT2D eigenvalue weighted by molar-refractivity contribution is -0.123. The lowest BCUT2D eigenvalue weighted by atomic mass is 10.0. The number of likely N-dealkylation sites (N-methyl/N-ethyl adjacent to an activating group) is 1. The van der Waals surface area contributed by atoms with Gasteiger partial charge in [-0.3, -0.25) is 4.79 Å². The molecular formula is C33H43ClN4O4S. The number of benzene rings is 3. The average Bonchev–Trinajstić information content (AvgIpc) is 2.98. The summed E-state index contributed by atoms with van der Waals surface area (Å²) < 4.78 is 26.6. The molecule has 0 radical (unpaired) electrons. The first-order valence-electron chi connectivity index (χ1n) is 14.6. The van der Waals surface area contributed by atoms with Crippen molar-refractivity contribution in [3.05, 3.63) is 89.8 Å². The van der Waals surface area contributed by atoms with E-state index < -0.39 is 21.9 Å². The summed E-state index contributed by atoms with van der Waals surface area (Å²) in [6.07, 6.45) is 3.17. The van der Waals surface area contributed by atoms with Crippen molar-refractivity contribution >= 4 is 45.0 Å². The summed E-state index contributed by atoms with van der Waals surface area (Å²) in [5.41, 5.74) is 1.09. The zero-order chi connectivity index (χ0) is 30.1. The summed E-state index contributed by atoms with van der Waals surface area (Å²) in [5.74, 6) is -0.155. The lowest BCUT2D eigenvalue weighted by Crippen LogP contribution is -2.56. The van der Waals surface area contributed by atoms with Gasteiger partial charge in [-0.05, 0) is 60.7 Å². The molecule has 0 aromatic heterocycles. The van der Waals surface area contributed by atoms with E-state index in [1.807, 2.05) is 75.5 Å². The Balaban J connectivity index is 0.00000506. The standard InChI is InChI=1S/C33H42N4O4S.ClH/c1-25(2)23-31(35-33(39)37-20-18-36(3)19-21-37)32(38)34-29(15-13-26-9-5-4-6-10-26)17-22-42(40,41)30-16-14-27-11-7-8-12-28(27)24-30;/h4-12,14,16-17,22,24-25,29,31H,13,15,18-21,23H2,1-3H3,(H,34,38)(H,35,39);1H/b22-17+;/t29-,31-;/m0./s1. The van der Waals surface area contributed by atoms with Crippen molar-refractivity contribution < 1.29 is 18.0 Å². The van der Waals surface area contributed by atoms with Crippen LogP contribution in [0.15, 0.2) is 89.2 Å². The first-order chi connectivity index (χ1) is 20.1. The van der Waals surface area contributed by atoms with Crippen LogP contribution in [-0.4, -0.2) is 75.5 Å². The number of nitrogens with zero attached hydrogens (tertiary/aromatic N) is 2. The van der Waals surface area contributed by atoms with Crippen molar-refractivity contribution in [3.8, 4) is 0 Å². The maximum Gasteiger partial charge on any atom is 0.318 e. The number of urea groups is 1. The van der Waals surface area contributed by atoms with Crippen LogP contribution in [0.25, 0.3) is 10.8 Å². The summed E-state index contributed by atoms with van der Waals surface area (Å²) in [7, 11) is -1.73. The molecule has 0 saturated carbocycles. The zero-order valence-corrected chi connectivity index (χ0v) is 26.7. The van der Waals surface area contributed by atoms with Gasteiger partial charge in [-0.15, -0.1) is 12.4 Å². The molecule has 2 atom stereocenters. The lowest BCUT2D eigenvalue weighted by Gasteiger charge is -2.33. The second-order valence-electron chi connectivity index (χ2n) is 11.4. The number of hydrogen-bond donors (Lipinski definition) is 2. The molecule has 2 N–H and O–H groups in total. The van der Waals surface area contributed by atoms with Gasteiger partial charge in [0, 0.05) is 37.6 Å². The van der Waals surface area contributed by atoms with Gasteiger partial charge in [-0.2, -0.15) is 0 Å². The van der Waals surface area contributed by atoms with Gasteiger partial charge in [0.2, 0.25) is 5.91 Å². The molecule has 232 valence electrons. The number of carbonyl (C=O) groups excluding carboxylic acids is 2. The Morgan fingerprint density at radius 1 is 0.884 bits per heavy atom. The molecule has 1 fully saturated rings. The molecule has 1 aliphatic rings. The van der Waals surface area contributed by atoms with E-state index in [1.165, 1.54) is 5.41 Å². The minimum Gasteiger partial charge on any atom is -0.348 e. The predicted molar refractivity (Wildman–Crippen MR) is 175 cm³/mol. The number of carbonyl (C=O) groups is 2. The number of aryl methyl sites for hydroxylation is 1. The summed E-state index contributed by atoms with van der Waals surface area (Å²) in [6.45, 7) is 6.79. The van der Waals surface area contributed by atoms with Gasteiger partial charge >= 0.3 is 6.03 Å². The van der Waals surface area contributed by atoms with E-state index >= 15 is 0 Å². The molecule has 43 heavy (non-hydrogen) atoms. The molecule has 3 amide bonds. The Kier molecular flexibility index (Phi) is 12.6. The molecule has 10 heteroatoms. The van der Waals surface area contributed by atoms with E-state index in [1.54, 1.807) is 29.2 Å². The van der Waals surface area contributed by atoms with Crippen molar-refractivity contribution in [3.63, 3.8) is 0 Å². The van der Waals surface area contributed by atoms with Gasteiger partial charge in [0.15, 0.2) is 9.84 Å². The molecule has 0 aliphatic carbocycles. The third-order valence-corrected chi connectivity index (χ3v) is 8.99. The minimum absolute atomic E-state index is 0. The number of fused-ring (bicyclic) bond motifs is 1. The average molecular weight is 627 g/mol. The highest BCUT2D eigenvalue weighted by Crippen LogP contribution is 2.21. The molecule has 4 rings (SSSR count). The fraction of sp³-hybridized carbons (Fsp3) is 0.394. The second kappa shape index (κ2) is 15.9. The number of hydrogen-bond acceptors (Lipinski definition) is 5. The highest BCUT2D eigenvalue weighted by molar-refractivity contribution is 7.94. The molecule has 3 aromatic carbocycles. The smallest absolute Gasteiger partial charge is 0.318 e. The summed E-state index contributed by atoms with van der Waals surface area (Å²) in [6, 6.07) is 21.0. The maximum absolute atomic E-state index is 13.6. The molecule has 1 aliphatic heterocycles. The summed E-state index contributed by atoms with van der Waals surface area (Å²) in [5, 5.41) is 8.96. The van der Waals surface area contributed by atoms with E-state index in [9.17, 15) is 18.0 Å². The molecular weight excluding hydrogens is 584 g/mol. The molecule has 1 heterocycles. The van der Waals surface area contributed by atoms with Crippen LogP contribution in [0.3, 0.4) is 0 Å². The minimum atomic E-state index is -3.76. The van der Waals surface area contributed by atoms with Crippen LogP contribution in [0.4, 0.5) is 4.79 Å². The number of rotatable bonds is 11. The third kappa shape index (κ3) is 10.1. The highest BCUT2D eigenvalue weighted by Gasteiger charge is 2.27. The highest BCUT2D eigenvalue weighted by atomic mass is 35.5. The first-order valence-corrected chi connectivity index (χ1v) is 16.2. The number of sulfone groups is 1. The largest absolute Gasteiger partial charge is 0.348 e. The van der Waals surface area contributed by atoms with Gasteiger partial charge < -0.3 is 20.4 Å². The molecule has 3 aromatic rings. The van der Waals surface area contributed by atoms with Crippen molar-refractivity contribution in [2.45, 2.75) is 50.1 Å². The van der Waals surface area contributed by atoms with Crippen molar-refractivity contribution in [2.75, 3.05) is 33.2 Å². The zero-order valence-electron chi connectivity index (χ0n) is 25.1. The fourth-order valence-electron chi connectivity index (χ4n) is 5.04. The van der Waals surface area contributed by atoms with Gasteiger partial charge in [-0.25, -0.2) is 13.2 Å². The van der Waals surface area contributed by atoms with Gasteiger partial charge in [0.05, 0.1) is 4.90 Å². The Morgan fingerprint density at radius 3 is 2.21 bits per heavy atom. The fourth-order valence-corrected chi connectivity index (χ4v) is 6.14. The first kappa shape index (κ1) is 34.1. The van der Waals surface area contributed by atoms with Crippen molar-refractivity contribution in [1.29, 1.82) is 0 Å². The van der Waals surface area contributed by atoms with Crippen LogP contribution in [0.1, 0.15) is 32.3 Å². The van der Waals surface area contributed by atoms with E-state index in [2.05, 4.69) is 15.5 Å². The van der Waals surface area contributed by atoms with E-state index in [-0.39, 0.29) is 35.2 Å². The Labute approximate surface area is 261 Å². The Hall–Kier alpha value is -3.40. The van der Waals surface area contributed by atoms with Gasteiger partial charge in [0.1, 0.15) is 6.04 Å². The van der Waals surface area contributed by atoms with Crippen LogP contribution in [0, 0.1) is 5.92 Å². The third-order valence-electron chi connectivity index (χ3n) is 7.57. The topological polar surface area (TPSA) is 98.8 Å². The predicted octanol–water partition coefficient (Wildman–Crippen LogP) is 5.04. The number of amides is 3. The van der Waals surface area contributed by atoms with Crippen LogP contribution in [0.2, 0.25) is 0 Å². The van der Waals surface area contributed by atoms with E-state index in [0.29, 0.717) is 32.4 Å². The van der Waals surface area contributed by atoms with Gasteiger partial charge in [0.25, 0.3) is 0 Å². The van der Waals surface area contributed by atoms with E-state index in [4.69, 9.17) is 0 Å². The Bertz CT molecular complexity index is 1490. The Morgan fingerprint density at radius 2 is 1.53 bits per heavy atom. The van der Waals surface area contributed by atoms with Crippen LogP contribution < -0.4 is 10.6 Å². The normalized spacial score (nSPS) is 15.7. The summed E-state index contributed by atoms with van der Waals surface area (Å²) in [4.78, 5) is 30.7. The number of halogens is 1. The SMILES string of the molecule is CC(C)C[C@H](NC(=O)N1CCN(C)CC1)C(=O)N[C@H](/C=C/S(=O)(=O)c1ccc2ccccc2c1)CCc1ccccc1.Cl. The van der Waals surface area contributed by atoms with Crippen molar-refractivity contribution in [2.24, 2.45) is 5.92 Å². The van der Waals surface area contributed by atoms with Crippen LogP contribution in [-0.2, 0) is 21.1 Å². The second-order valence-corrected chi connectivity index (χ2v) is 13.3. The molecule has 1 saturated heterocycles. The molecule has 8 nitrogen and oxygen atoms in total. The van der Waals surface area contributed by atoms with Crippen LogP contribution >= 0.6 is 12.4 Å². The van der Waals surface area contributed by atoms with Gasteiger partial charge in [-0.1, -0.05) is 80.6 Å². The molecule has 0 spiro atoms. The molecule has 0 unspecified atom stereocenters. The molecule has 0 bridgehead atoms. The number of nitrogens with one attached hydrogen (secondary N) is 2. The summed E-state index contributed by atoms with van der Waals surface area (Å²) >= 11 is 0. The van der Waals surface area contributed by atoms with Crippen molar-refractivity contribution in [1.82, 2.24) is 20.4 Å². The maximum atomic E-state index is 13.6. The van der Waals surface area contributed by atoms with Crippen LogP contribution in [0.5, 0.6) is 0 Å². The van der Waals surface area contributed by atoms with E-state index in [0.717, 1.165) is 29.4 Å². The quantitative estimate of drug-likeness (QED) is 0.311. The monoisotopic (exact) mass is 626 g/mol. The number of piperazine rings is 1.